The van der Waals surface area contributed by atoms with E-state index in [1.54, 1.807) is 0 Å². The van der Waals surface area contributed by atoms with E-state index in [1.165, 1.54) is 70.6 Å². The maximum absolute atomic E-state index is 11.5. The lowest BCUT2D eigenvalue weighted by molar-refractivity contribution is -0.143. The number of esters is 1. The molecule has 2 nitrogen and oxygen atoms in total. The zero-order chi connectivity index (χ0) is 14.5. The lowest BCUT2D eigenvalue weighted by Crippen LogP contribution is -2.08. The van der Waals surface area contributed by atoms with Gasteiger partial charge in [0.15, 0.2) is 0 Å². The first-order valence-electron chi connectivity index (χ1n) is 8.98. The van der Waals surface area contributed by atoms with Gasteiger partial charge in [-0.2, -0.15) is 0 Å². The van der Waals surface area contributed by atoms with Crippen molar-refractivity contribution < 1.29 is 9.53 Å². The Morgan fingerprint density at radius 1 is 0.950 bits per heavy atom. The Hall–Kier alpha value is -0.530. The molecule has 1 fully saturated rings. The van der Waals surface area contributed by atoms with Gasteiger partial charge in [-0.05, 0) is 25.2 Å². The van der Waals surface area contributed by atoms with Crippen LogP contribution in [0.2, 0.25) is 0 Å². The lowest BCUT2D eigenvalue weighted by atomic mass is 9.86. The predicted octanol–water partition coefficient (Wildman–Crippen LogP) is 5.64. The third-order valence-corrected chi connectivity index (χ3v) is 4.48. The van der Waals surface area contributed by atoms with Crippen LogP contribution in [0, 0.1) is 5.92 Å². The highest BCUT2D eigenvalue weighted by atomic mass is 16.5. The molecule has 0 atom stereocenters. The molecule has 118 valence electrons. The molecule has 1 rings (SSSR count). The molecule has 0 bridgehead atoms. The van der Waals surface area contributed by atoms with Gasteiger partial charge < -0.3 is 4.74 Å². The van der Waals surface area contributed by atoms with Crippen molar-refractivity contribution in [3.63, 3.8) is 0 Å². The molecular formula is C18H34O2. The average molecular weight is 282 g/mol. The number of hydrogen-bond donors (Lipinski definition) is 0. The summed E-state index contributed by atoms with van der Waals surface area (Å²) in [6, 6.07) is 0. The standard InChI is InChI=1S/C18H34O2/c1-2-3-4-5-9-15-18(19)20-16-11-10-14-17-12-7-6-8-13-17/h17H,2-16H2,1H3. The van der Waals surface area contributed by atoms with E-state index in [-0.39, 0.29) is 5.97 Å². The van der Waals surface area contributed by atoms with Crippen molar-refractivity contribution in [1.82, 2.24) is 0 Å². The number of carbonyl (C=O) groups excluding carboxylic acids is 1. The smallest absolute Gasteiger partial charge is 0.305 e. The highest BCUT2D eigenvalue weighted by Crippen LogP contribution is 2.27. The van der Waals surface area contributed by atoms with Crippen LogP contribution in [-0.2, 0) is 9.53 Å². The fourth-order valence-electron chi connectivity index (χ4n) is 3.14. The number of hydrogen-bond acceptors (Lipinski definition) is 2. The third-order valence-electron chi connectivity index (χ3n) is 4.48. The van der Waals surface area contributed by atoms with Crippen molar-refractivity contribution in [2.24, 2.45) is 5.92 Å². The zero-order valence-corrected chi connectivity index (χ0v) is 13.5. The minimum atomic E-state index is 0.0131. The van der Waals surface area contributed by atoms with Crippen LogP contribution in [0.3, 0.4) is 0 Å². The van der Waals surface area contributed by atoms with Crippen molar-refractivity contribution in [1.29, 1.82) is 0 Å². The molecule has 0 spiro atoms. The van der Waals surface area contributed by atoms with E-state index in [1.807, 2.05) is 0 Å². The molecule has 1 aliphatic rings. The predicted molar refractivity (Wildman–Crippen MR) is 84.8 cm³/mol. The normalized spacial score (nSPS) is 16.2. The average Bonchev–Trinajstić information content (AvgIpc) is 2.48. The van der Waals surface area contributed by atoms with E-state index in [4.69, 9.17) is 4.74 Å². The molecule has 1 saturated carbocycles. The van der Waals surface area contributed by atoms with Gasteiger partial charge in [-0.15, -0.1) is 0 Å². The van der Waals surface area contributed by atoms with Crippen molar-refractivity contribution >= 4 is 5.97 Å². The van der Waals surface area contributed by atoms with E-state index < -0.39 is 0 Å². The van der Waals surface area contributed by atoms with Crippen LogP contribution < -0.4 is 0 Å². The first-order valence-corrected chi connectivity index (χ1v) is 8.98. The molecule has 0 heterocycles. The topological polar surface area (TPSA) is 26.3 Å². The lowest BCUT2D eigenvalue weighted by Gasteiger charge is -2.21. The van der Waals surface area contributed by atoms with Crippen molar-refractivity contribution in [3.05, 3.63) is 0 Å². The van der Waals surface area contributed by atoms with Gasteiger partial charge in [-0.3, -0.25) is 4.79 Å². The third kappa shape index (κ3) is 9.39. The molecule has 0 aromatic carbocycles. The molecule has 0 unspecified atom stereocenters. The Balaban J connectivity index is 1.83. The van der Waals surface area contributed by atoms with E-state index in [0.29, 0.717) is 13.0 Å². The molecule has 0 aliphatic heterocycles. The molecule has 0 aromatic rings. The Kier molecular flexibility index (Phi) is 10.7. The zero-order valence-electron chi connectivity index (χ0n) is 13.5. The van der Waals surface area contributed by atoms with Crippen LogP contribution in [-0.4, -0.2) is 12.6 Å². The fraction of sp³-hybridized carbons (Fsp3) is 0.944. The second kappa shape index (κ2) is 12.2. The van der Waals surface area contributed by atoms with Crippen LogP contribution in [0.15, 0.2) is 0 Å². The SMILES string of the molecule is CCCCCCCC(=O)OCCCCC1CCCCC1. The number of carbonyl (C=O) groups is 1. The second-order valence-electron chi connectivity index (χ2n) is 6.38. The molecular weight excluding hydrogens is 248 g/mol. The monoisotopic (exact) mass is 282 g/mol. The first kappa shape index (κ1) is 17.5. The van der Waals surface area contributed by atoms with E-state index in [9.17, 15) is 4.79 Å². The molecule has 0 radical (unpaired) electrons. The number of ether oxygens (including phenoxy) is 1. The summed E-state index contributed by atoms with van der Waals surface area (Å²) < 4.78 is 5.30. The summed E-state index contributed by atoms with van der Waals surface area (Å²) in [4.78, 5) is 11.5. The fourth-order valence-corrected chi connectivity index (χ4v) is 3.14. The summed E-state index contributed by atoms with van der Waals surface area (Å²) in [6.45, 7) is 2.85. The minimum absolute atomic E-state index is 0.0131. The van der Waals surface area contributed by atoms with Crippen LogP contribution >= 0.6 is 0 Å². The van der Waals surface area contributed by atoms with Gasteiger partial charge in [0.25, 0.3) is 0 Å². The summed E-state index contributed by atoms with van der Waals surface area (Å²) in [6.07, 6.45) is 17.4. The van der Waals surface area contributed by atoms with Gasteiger partial charge >= 0.3 is 5.97 Å². The molecule has 0 N–H and O–H groups in total. The number of unbranched alkanes of at least 4 members (excludes halogenated alkanes) is 5. The summed E-state index contributed by atoms with van der Waals surface area (Å²) in [5.74, 6) is 0.970. The van der Waals surface area contributed by atoms with Crippen molar-refractivity contribution in [3.8, 4) is 0 Å². The Morgan fingerprint density at radius 3 is 2.45 bits per heavy atom. The summed E-state index contributed by atoms with van der Waals surface area (Å²) in [7, 11) is 0. The Bertz CT molecular complexity index is 232. The van der Waals surface area contributed by atoms with Crippen LogP contribution in [0.25, 0.3) is 0 Å². The first-order chi connectivity index (χ1) is 9.83. The largest absolute Gasteiger partial charge is 0.466 e. The maximum Gasteiger partial charge on any atom is 0.305 e. The summed E-state index contributed by atoms with van der Waals surface area (Å²) in [5, 5.41) is 0. The minimum Gasteiger partial charge on any atom is -0.466 e. The molecule has 1 aliphatic carbocycles. The second-order valence-corrected chi connectivity index (χ2v) is 6.38. The quantitative estimate of drug-likeness (QED) is 0.362. The van der Waals surface area contributed by atoms with Gasteiger partial charge in [0.1, 0.15) is 0 Å². The van der Waals surface area contributed by atoms with Crippen LogP contribution in [0.1, 0.15) is 96.8 Å². The van der Waals surface area contributed by atoms with Gasteiger partial charge in [0.05, 0.1) is 6.61 Å². The Morgan fingerprint density at radius 2 is 1.70 bits per heavy atom. The van der Waals surface area contributed by atoms with E-state index in [2.05, 4.69) is 6.92 Å². The number of rotatable bonds is 11. The molecule has 0 aromatic heterocycles. The highest BCUT2D eigenvalue weighted by Gasteiger charge is 2.12. The molecule has 0 saturated heterocycles. The van der Waals surface area contributed by atoms with E-state index in [0.717, 1.165) is 18.8 Å². The van der Waals surface area contributed by atoms with Crippen LogP contribution in [0.5, 0.6) is 0 Å². The van der Waals surface area contributed by atoms with E-state index >= 15 is 0 Å². The van der Waals surface area contributed by atoms with Gasteiger partial charge in [0, 0.05) is 6.42 Å². The van der Waals surface area contributed by atoms with Gasteiger partial charge in [-0.25, -0.2) is 0 Å². The molecule has 0 amide bonds. The highest BCUT2D eigenvalue weighted by molar-refractivity contribution is 5.69. The van der Waals surface area contributed by atoms with Crippen molar-refractivity contribution in [2.75, 3.05) is 6.61 Å². The summed E-state index contributed by atoms with van der Waals surface area (Å²) >= 11 is 0. The Labute approximate surface area is 125 Å². The summed E-state index contributed by atoms with van der Waals surface area (Å²) in [5.41, 5.74) is 0. The van der Waals surface area contributed by atoms with Gasteiger partial charge in [-0.1, -0.05) is 71.1 Å². The molecule has 2 heteroatoms. The maximum atomic E-state index is 11.5. The molecule has 20 heavy (non-hydrogen) atoms. The van der Waals surface area contributed by atoms with Crippen LogP contribution in [0.4, 0.5) is 0 Å². The van der Waals surface area contributed by atoms with Crippen molar-refractivity contribution in [2.45, 2.75) is 96.8 Å². The van der Waals surface area contributed by atoms with Gasteiger partial charge in [0.2, 0.25) is 0 Å².